The molecule has 0 atom stereocenters. The summed E-state index contributed by atoms with van der Waals surface area (Å²) in [6, 6.07) is 9.16. The van der Waals surface area contributed by atoms with E-state index in [1.165, 1.54) is 0 Å². The summed E-state index contributed by atoms with van der Waals surface area (Å²) in [6.45, 7) is 8.42. The summed E-state index contributed by atoms with van der Waals surface area (Å²) in [6.07, 6.45) is 0.0294. The van der Waals surface area contributed by atoms with Gasteiger partial charge in [-0.15, -0.1) is 0 Å². The normalized spacial score (nSPS) is 10.8. The number of rotatable bonds is 5. The predicted molar refractivity (Wildman–Crippen MR) is 78.3 cm³/mol. The van der Waals surface area contributed by atoms with Crippen molar-refractivity contribution < 1.29 is 9.53 Å². The van der Waals surface area contributed by atoms with Crippen molar-refractivity contribution >= 4 is 5.78 Å². The van der Waals surface area contributed by atoms with Gasteiger partial charge >= 0.3 is 0 Å². The second-order valence-corrected chi connectivity index (χ2v) is 4.98. The lowest BCUT2D eigenvalue weighted by Gasteiger charge is -2.13. The van der Waals surface area contributed by atoms with Crippen LogP contribution in [-0.2, 0) is 6.54 Å². The number of benzene rings is 1. The van der Waals surface area contributed by atoms with E-state index in [9.17, 15) is 4.79 Å². The van der Waals surface area contributed by atoms with Gasteiger partial charge in [-0.3, -0.25) is 9.48 Å². The molecule has 0 amide bonds. The molecule has 0 bridgehead atoms. The number of nitrogens with zero attached hydrogens (tertiary/aromatic N) is 2. The summed E-state index contributed by atoms with van der Waals surface area (Å²) in [7, 11) is 0. The van der Waals surface area contributed by atoms with Gasteiger partial charge in [0, 0.05) is 6.54 Å². The Labute approximate surface area is 119 Å². The largest absolute Gasteiger partial charge is 0.490 e. The quantitative estimate of drug-likeness (QED) is 0.785. The Kier molecular flexibility index (Phi) is 4.23. The molecule has 0 saturated carbocycles. The van der Waals surface area contributed by atoms with E-state index < -0.39 is 0 Å². The lowest BCUT2D eigenvalue weighted by Crippen LogP contribution is -2.14. The van der Waals surface area contributed by atoms with Crippen LogP contribution in [0.15, 0.2) is 30.3 Å². The first-order valence-electron chi connectivity index (χ1n) is 6.87. The summed E-state index contributed by atoms with van der Waals surface area (Å²) < 4.78 is 7.44. The molecule has 0 N–H and O–H groups in total. The van der Waals surface area contributed by atoms with E-state index >= 15 is 0 Å². The monoisotopic (exact) mass is 272 g/mol. The SMILES string of the molecule is CCn1nc(C)cc1C(=O)c1ccccc1OC(C)C. The van der Waals surface area contributed by atoms with E-state index in [0.29, 0.717) is 23.6 Å². The summed E-state index contributed by atoms with van der Waals surface area (Å²) >= 11 is 0. The van der Waals surface area contributed by atoms with Crippen molar-refractivity contribution in [3.05, 3.63) is 47.3 Å². The van der Waals surface area contributed by atoms with Crippen LogP contribution >= 0.6 is 0 Å². The number of ketones is 1. The molecule has 0 spiro atoms. The van der Waals surface area contributed by atoms with Crippen LogP contribution < -0.4 is 4.74 Å². The van der Waals surface area contributed by atoms with Gasteiger partial charge in [0.05, 0.1) is 17.4 Å². The number of hydrogen-bond donors (Lipinski definition) is 0. The zero-order valence-electron chi connectivity index (χ0n) is 12.4. The molecule has 0 aliphatic carbocycles. The van der Waals surface area contributed by atoms with Gasteiger partial charge in [-0.05, 0) is 45.9 Å². The second-order valence-electron chi connectivity index (χ2n) is 4.98. The van der Waals surface area contributed by atoms with Crippen molar-refractivity contribution in [2.75, 3.05) is 0 Å². The average molecular weight is 272 g/mol. The third kappa shape index (κ3) is 2.90. The van der Waals surface area contributed by atoms with E-state index in [2.05, 4.69) is 5.10 Å². The first kappa shape index (κ1) is 14.3. The van der Waals surface area contributed by atoms with Crippen LogP contribution in [0.2, 0.25) is 0 Å². The van der Waals surface area contributed by atoms with Gasteiger partial charge in [0.15, 0.2) is 0 Å². The molecule has 4 heteroatoms. The zero-order valence-corrected chi connectivity index (χ0v) is 12.4. The summed E-state index contributed by atoms with van der Waals surface area (Å²) in [4.78, 5) is 12.7. The van der Waals surface area contributed by atoms with Crippen LogP contribution in [-0.4, -0.2) is 21.7 Å². The third-order valence-corrected chi connectivity index (χ3v) is 2.93. The molecular weight excluding hydrogens is 252 g/mol. The van der Waals surface area contributed by atoms with Crippen LogP contribution in [0.3, 0.4) is 0 Å². The van der Waals surface area contributed by atoms with E-state index in [-0.39, 0.29) is 11.9 Å². The lowest BCUT2D eigenvalue weighted by atomic mass is 10.1. The maximum absolute atomic E-state index is 12.7. The molecule has 0 saturated heterocycles. The maximum atomic E-state index is 12.7. The lowest BCUT2D eigenvalue weighted by molar-refractivity contribution is 0.102. The van der Waals surface area contributed by atoms with Crippen LogP contribution in [0.1, 0.15) is 42.5 Å². The highest BCUT2D eigenvalue weighted by Crippen LogP contribution is 2.23. The number of carbonyl (C=O) groups excluding carboxylic acids is 1. The minimum atomic E-state index is -0.0521. The maximum Gasteiger partial charge on any atom is 0.214 e. The summed E-state index contributed by atoms with van der Waals surface area (Å²) in [5.74, 6) is 0.567. The van der Waals surface area contributed by atoms with Gasteiger partial charge in [0.2, 0.25) is 5.78 Å². The predicted octanol–water partition coefficient (Wildman–Crippen LogP) is 3.23. The van der Waals surface area contributed by atoms with Gasteiger partial charge in [0.25, 0.3) is 0 Å². The molecule has 0 unspecified atom stereocenters. The molecule has 20 heavy (non-hydrogen) atoms. The number of carbonyl (C=O) groups is 1. The van der Waals surface area contributed by atoms with E-state index in [4.69, 9.17) is 4.74 Å². The molecule has 0 radical (unpaired) electrons. The Balaban J connectivity index is 2.42. The van der Waals surface area contributed by atoms with Gasteiger partial charge < -0.3 is 4.74 Å². The Hall–Kier alpha value is -2.10. The molecule has 1 aromatic heterocycles. The fourth-order valence-corrected chi connectivity index (χ4v) is 2.12. The Morgan fingerprint density at radius 3 is 2.70 bits per heavy atom. The Morgan fingerprint density at radius 2 is 2.05 bits per heavy atom. The molecule has 1 heterocycles. The number of ether oxygens (including phenoxy) is 1. The van der Waals surface area contributed by atoms with Gasteiger partial charge in [-0.2, -0.15) is 5.10 Å². The summed E-state index contributed by atoms with van der Waals surface area (Å²) in [5.41, 5.74) is 2.03. The minimum Gasteiger partial charge on any atom is -0.490 e. The molecule has 4 nitrogen and oxygen atoms in total. The van der Waals surface area contributed by atoms with Crippen molar-refractivity contribution in [1.82, 2.24) is 9.78 Å². The van der Waals surface area contributed by atoms with Crippen molar-refractivity contribution in [3.8, 4) is 5.75 Å². The van der Waals surface area contributed by atoms with Crippen LogP contribution in [0.4, 0.5) is 0 Å². The fourth-order valence-electron chi connectivity index (χ4n) is 2.12. The van der Waals surface area contributed by atoms with E-state index in [1.54, 1.807) is 10.7 Å². The second kappa shape index (κ2) is 5.90. The molecule has 1 aromatic carbocycles. The molecule has 2 aromatic rings. The van der Waals surface area contributed by atoms with Crippen molar-refractivity contribution in [2.24, 2.45) is 0 Å². The van der Waals surface area contributed by atoms with Crippen molar-refractivity contribution in [3.63, 3.8) is 0 Å². The first-order chi connectivity index (χ1) is 9.52. The molecule has 106 valence electrons. The van der Waals surface area contributed by atoms with Gasteiger partial charge in [-0.1, -0.05) is 12.1 Å². The number of aryl methyl sites for hydroxylation is 2. The molecule has 0 fully saturated rings. The Bertz CT molecular complexity index is 615. The molecule has 0 aliphatic rings. The van der Waals surface area contributed by atoms with Crippen LogP contribution in [0, 0.1) is 6.92 Å². The zero-order chi connectivity index (χ0) is 14.7. The highest BCUT2D eigenvalue weighted by Gasteiger charge is 2.19. The van der Waals surface area contributed by atoms with Crippen molar-refractivity contribution in [2.45, 2.75) is 40.3 Å². The summed E-state index contributed by atoms with van der Waals surface area (Å²) in [5, 5.41) is 4.32. The molecule has 2 rings (SSSR count). The molecule has 0 aliphatic heterocycles. The first-order valence-corrected chi connectivity index (χ1v) is 6.87. The topological polar surface area (TPSA) is 44.1 Å². The Morgan fingerprint density at radius 1 is 1.35 bits per heavy atom. The minimum absolute atomic E-state index is 0.0294. The number of aromatic nitrogens is 2. The fraction of sp³-hybridized carbons (Fsp3) is 0.375. The van der Waals surface area contributed by atoms with Crippen LogP contribution in [0.25, 0.3) is 0 Å². The van der Waals surface area contributed by atoms with E-state index in [0.717, 1.165) is 5.69 Å². The number of hydrogen-bond acceptors (Lipinski definition) is 3. The van der Waals surface area contributed by atoms with Gasteiger partial charge in [-0.25, -0.2) is 0 Å². The average Bonchev–Trinajstić information content (AvgIpc) is 2.79. The smallest absolute Gasteiger partial charge is 0.214 e. The highest BCUT2D eigenvalue weighted by molar-refractivity contribution is 6.09. The third-order valence-electron chi connectivity index (χ3n) is 2.93. The molecular formula is C16H20N2O2. The standard InChI is InChI=1S/C16H20N2O2/c1-5-18-14(10-12(4)17-18)16(19)13-8-6-7-9-15(13)20-11(2)3/h6-11H,5H2,1-4H3. The van der Waals surface area contributed by atoms with Gasteiger partial charge in [0.1, 0.15) is 11.4 Å². The van der Waals surface area contributed by atoms with E-state index in [1.807, 2.05) is 52.0 Å². The van der Waals surface area contributed by atoms with Crippen LogP contribution in [0.5, 0.6) is 5.75 Å². The highest BCUT2D eigenvalue weighted by atomic mass is 16.5. The van der Waals surface area contributed by atoms with Crippen molar-refractivity contribution in [1.29, 1.82) is 0 Å². The number of para-hydroxylation sites is 1.